The highest BCUT2D eigenvalue weighted by molar-refractivity contribution is 7.99. The maximum absolute atomic E-state index is 11.6. The zero-order valence-corrected chi connectivity index (χ0v) is 12.8. The van der Waals surface area contributed by atoms with Gasteiger partial charge < -0.3 is 5.73 Å². The second-order valence-corrected chi connectivity index (χ2v) is 6.72. The molecular weight excluding hydrogens is 266 g/mol. The van der Waals surface area contributed by atoms with Gasteiger partial charge >= 0.3 is 0 Å². The molecule has 1 aliphatic carbocycles. The van der Waals surface area contributed by atoms with Crippen LogP contribution in [0.5, 0.6) is 0 Å². The maximum atomic E-state index is 11.6. The van der Waals surface area contributed by atoms with E-state index in [0.717, 1.165) is 18.6 Å². The van der Waals surface area contributed by atoms with Gasteiger partial charge in [-0.1, -0.05) is 24.3 Å². The molecule has 0 aliphatic heterocycles. The van der Waals surface area contributed by atoms with E-state index in [-0.39, 0.29) is 12.0 Å². The Balaban J connectivity index is 1.92. The van der Waals surface area contributed by atoms with Gasteiger partial charge in [0.2, 0.25) is 0 Å². The molecule has 1 aliphatic rings. The van der Waals surface area contributed by atoms with E-state index in [1.54, 1.807) is 18.7 Å². The minimum absolute atomic E-state index is 0.118. The molecule has 4 atom stereocenters. The lowest BCUT2D eigenvalue weighted by Gasteiger charge is -2.23. The van der Waals surface area contributed by atoms with Crippen molar-refractivity contribution in [1.82, 2.24) is 0 Å². The third kappa shape index (κ3) is 3.74. The summed E-state index contributed by atoms with van der Waals surface area (Å²) in [5.41, 5.74) is 6.38. The molecule has 0 saturated heterocycles. The summed E-state index contributed by atoms with van der Waals surface area (Å²) in [7, 11) is 0. The van der Waals surface area contributed by atoms with Crippen molar-refractivity contribution in [3.63, 3.8) is 0 Å². The standard InChI is InChI=1S/C17H23NOS/c1-3-13-9-14(12(2)19)10-16(13)17(18)11-20-15-7-5-4-6-8-15/h3-8,13-14,16-17H,1,9-11,18H2,2H3/t13-,14+,16-,17+/m1/s1. The molecule has 0 bridgehead atoms. The van der Waals surface area contributed by atoms with Crippen molar-refractivity contribution < 1.29 is 4.79 Å². The van der Waals surface area contributed by atoms with Crippen molar-refractivity contribution in [2.45, 2.75) is 30.7 Å². The Bertz CT molecular complexity index is 459. The summed E-state index contributed by atoms with van der Waals surface area (Å²) < 4.78 is 0. The molecule has 1 saturated carbocycles. The number of benzene rings is 1. The van der Waals surface area contributed by atoms with Crippen LogP contribution in [0, 0.1) is 17.8 Å². The van der Waals surface area contributed by atoms with E-state index < -0.39 is 0 Å². The molecule has 2 rings (SSSR count). The van der Waals surface area contributed by atoms with Crippen molar-refractivity contribution in [2.75, 3.05) is 5.75 Å². The predicted octanol–water partition coefficient (Wildman–Crippen LogP) is 3.52. The van der Waals surface area contributed by atoms with Crippen LogP contribution in [0.2, 0.25) is 0 Å². The van der Waals surface area contributed by atoms with Crippen molar-refractivity contribution in [3.05, 3.63) is 43.0 Å². The van der Waals surface area contributed by atoms with Crippen LogP contribution >= 0.6 is 11.8 Å². The molecule has 0 heterocycles. The molecular formula is C17H23NOS. The topological polar surface area (TPSA) is 43.1 Å². The molecule has 1 fully saturated rings. The van der Waals surface area contributed by atoms with Crippen molar-refractivity contribution in [1.29, 1.82) is 0 Å². The van der Waals surface area contributed by atoms with Crippen LogP contribution in [-0.2, 0) is 4.79 Å². The van der Waals surface area contributed by atoms with Crippen LogP contribution in [-0.4, -0.2) is 17.6 Å². The van der Waals surface area contributed by atoms with E-state index in [0.29, 0.717) is 17.6 Å². The number of rotatable bonds is 6. The molecule has 0 spiro atoms. The minimum Gasteiger partial charge on any atom is -0.327 e. The number of thioether (sulfide) groups is 1. The Labute approximate surface area is 125 Å². The van der Waals surface area contributed by atoms with Gasteiger partial charge in [-0.2, -0.15) is 0 Å². The van der Waals surface area contributed by atoms with E-state index in [1.165, 1.54) is 4.90 Å². The summed E-state index contributed by atoms with van der Waals surface area (Å²) in [4.78, 5) is 12.8. The molecule has 0 unspecified atom stereocenters. The van der Waals surface area contributed by atoms with Crippen LogP contribution in [0.15, 0.2) is 47.9 Å². The predicted molar refractivity (Wildman–Crippen MR) is 85.7 cm³/mol. The van der Waals surface area contributed by atoms with Gasteiger partial charge in [-0.15, -0.1) is 18.3 Å². The van der Waals surface area contributed by atoms with E-state index in [4.69, 9.17) is 5.73 Å². The normalized spacial score (nSPS) is 27.2. The monoisotopic (exact) mass is 289 g/mol. The smallest absolute Gasteiger partial charge is 0.132 e. The lowest BCUT2D eigenvalue weighted by atomic mass is 9.90. The Hall–Kier alpha value is -1.06. The summed E-state index contributed by atoms with van der Waals surface area (Å²) in [6.45, 7) is 5.61. The Morgan fingerprint density at radius 2 is 2.15 bits per heavy atom. The zero-order chi connectivity index (χ0) is 14.5. The highest BCUT2D eigenvalue weighted by atomic mass is 32.2. The lowest BCUT2D eigenvalue weighted by Crippen LogP contribution is -2.34. The summed E-state index contributed by atoms with van der Waals surface area (Å²) in [5, 5.41) is 0. The first kappa shape index (κ1) is 15.3. The number of ketones is 1. The van der Waals surface area contributed by atoms with Crippen molar-refractivity contribution in [2.24, 2.45) is 23.5 Å². The quantitative estimate of drug-likeness (QED) is 0.643. The second kappa shape index (κ2) is 7.09. The summed E-state index contributed by atoms with van der Waals surface area (Å²) in [6.07, 6.45) is 3.83. The number of carbonyl (C=O) groups is 1. The van der Waals surface area contributed by atoms with E-state index >= 15 is 0 Å². The van der Waals surface area contributed by atoms with E-state index in [1.807, 2.05) is 24.3 Å². The molecule has 108 valence electrons. The van der Waals surface area contributed by atoms with Crippen LogP contribution in [0.3, 0.4) is 0 Å². The van der Waals surface area contributed by atoms with Gasteiger partial charge in [0, 0.05) is 22.6 Å². The highest BCUT2D eigenvalue weighted by Crippen LogP contribution is 2.40. The molecule has 0 radical (unpaired) electrons. The molecule has 1 aromatic rings. The first-order chi connectivity index (χ1) is 9.61. The second-order valence-electron chi connectivity index (χ2n) is 5.63. The highest BCUT2D eigenvalue weighted by Gasteiger charge is 2.37. The Kier molecular flexibility index (Phi) is 5.44. The molecule has 0 aromatic heterocycles. The van der Waals surface area contributed by atoms with Gasteiger partial charge in [0.05, 0.1) is 0 Å². The Morgan fingerprint density at radius 1 is 1.45 bits per heavy atom. The van der Waals surface area contributed by atoms with Crippen LogP contribution in [0.1, 0.15) is 19.8 Å². The van der Waals surface area contributed by atoms with Gasteiger partial charge in [0.15, 0.2) is 0 Å². The van der Waals surface area contributed by atoms with Crippen molar-refractivity contribution >= 4 is 17.5 Å². The van der Waals surface area contributed by atoms with Gasteiger partial charge in [-0.05, 0) is 43.7 Å². The molecule has 2 N–H and O–H groups in total. The number of hydrogen-bond donors (Lipinski definition) is 1. The number of Topliss-reactive ketones (excluding diaryl/α,β-unsaturated/α-hetero) is 1. The van der Waals surface area contributed by atoms with Crippen LogP contribution in [0.4, 0.5) is 0 Å². The minimum atomic E-state index is 0.118. The number of allylic oxidation sites excluding steroid dienone is 1. The maximum Gasteiger partial charge on any atom is 0.132 e. The first-order valence-electron chi connectivity index (χ1n) is 7.18. The number of hydrogen-bond acceptors (Lipinski definition) is 3. The number of nitrogens with two attached hydrogens (primary N) is 1. The van der Waals surface area contributed by atoms with Crippen molar-refractivity contribution in [3.8, 4) is 0 Å². The fourth-order valence-corrected chi connectivity index (χ4v) is 4.01. The fraction of sp³-hybridized carbons (Fsp3) is 0.471. The molecule has 0 amide bonds. The average Bonchev–Trinajstić information content (AvgIpc) is 2.90. The summed E-state index contributed by atoms with van der Waals surface area (Å²) in [5.74, 6) is 2.13. The largest absolute Gasteiger partial charge is 0.327 e. The average molecular weight is 289 g/mol. The van der Waals surface area contributed by atoms with Crippen LogP contribution in [0.25, 0.3) is 0 Å². The Morgan fingerprint density at radius 3 is 2.75 bits per heavy atom. The van der Waals surface area contributed by atoms with Crippen LogP contribution < -0.4 is 5.73 Å². The van der Waals surface area contributed by atoms with Gasteiger partial charge in [0.1, 0.15) is 5.78 Å². The van der Waals surface area contributed by atoms with E-state index in [2.05, 4.69) is 18.7 Å². The zero-order valence-electron chi connectivity index (χ0n) is 12.0. The van der Waals surface area contributed by atoms with Gasteiger partial charge in [-0.3, -0.25) is 4.79 Å². The summed E-state index contributed by atoms with van der Waals surface area (Å²) >= 11 is 1.79. The third-order valence-corrected chi connectivity index (χ3v) is 5.43. The van der Waals surface area contributed by atoms with Gasteiger partial charge in [-0.25, -0.2) is 0 Å². The van der Waals surface area contributed by atoms with E-state index in [9.17, 15) is 4.79 Å². The molecule has 3 heteroatoms. The molecule has 1 aromatic carbocycles. The van der Waals surface area contributed by atoms with Gasteiger partial charge in [0.25, 0.3) is 0 Å². The number of carbonyl (C=O) groups excluding carboxylic acids is 1. The first-order valence-corrected chi connectivity index (χ1v) is 8.16. The molecule has 2 nitrogen and oxygen atoms in total. The fourth-order valence-electron chi connectivity index (χ4n) is 3.03. The lowest BCUT2D eigenvalue weighted by molar-refractivity contribution is -0.120. The third-order valence-electron chi connectivity index (χ3n) is 4.28. The summed E-state index contributed by atoms with van der Waals surface area (Å²) in [6, 6.07) is 10.4. The molecule has 20 heavy (non-hydrogen) atoms. The SMILES string of the molecule is C=C[C@@H]1C[C@H](C(C)=O)C[C@H]1[C@@H](N)CSc1ccccc1.